The Kier molecular flexibility index (Phi) is 7.05. The molecule has 1 saturated heterocycles. The number of benzene rings is 1. The normalized spacial score (nSPS) is 17.3. The molecule has 1 atom stereocenters. The number of sulfone groups is 1. The molecule has 1 aromatic rings. The van der Waals surface area contributed by atoms with Crippen LogP contribution in [0.15, 0.2) is 24.3 Å². The Morgan fingerprint density at radius 1 is 1.07 bits per heavy atom. The van der Waals surface area contributed by atoms with Crippen LogP contribution in [0.4, 0.5) is 0 Å². The Morgan fingerprint density at radius 2 is 1.62 bits per heavy atom. The van der Waals surface area contributed by atoms with Gasteiger partial charge in [-0.2, -0.15) is 0 Å². The molecule has 1 fully saturated rings. The van der Waals surface area contributed by atoms with Crippen molar-refractivity contribution in [1.82, 2.24) is 15.5 Å². The molecule has 2 rings (SSSR count). The molecule has 1 aliphatic heterocycles. The lowest BCUT2D eigenvalue weighted by atomic mass is 9.87. The van der Waals surface area contributed by atoms with Gasteiger partial charge in [0.15, 0.2) is 9.84 Å². The van der Waals surface area contributed by atoms with Gasteiger partial charge in [0.2, 0.25) is 11.8 Å². The van der Waals surface area contributed by atoms with Gasteiger partial charge in [-0.05, 0) is 30.0 Å². The molecule has 8 nitrogen and oxygen atoms in total. The van der Waals surface area contributed by atoms with Gasteiger partial charge in [-0.3, -0.25) is 14.4 Å². The zero-order valence-corrected chi connectivity index (χ0v) is 18.1. The van der Waals surface area contributed by atoms with E-state index in [9.17, 15) is 22.8 Å². The predicted octanol–water partition coefficient (Wildman–Crippen LogP) is 0.476. The summed E-state index contributed by atoms with van der Waals surface area (Å²) in [6.07, 6.45) is 0. The highest BCUT2D eigenvalue weighted by Crippen LogP contribution is 2.22. The third kappa shape index (κ3) is 6.56. The molecule has 9 heteroatoms. The lowest BCUT2D eigenvalue weighted by Gasteiger charge is -2.29. The second-order valence-electron chi connectivity index (χ2n) is 8.28. The Hall–Kier alpha value is -2.42. The minimum atomic E-state index is -3.08. The fourth-order valence-corrected chi connectivity index (χ4v) is 4.15. The third-order valence-corrected chi connectivity index (χ3v) is 6.44. The molecule has 1 aliphatic rings. The van der Waals surface area contributed by atoms with E-state index in [1.54, 1.807) is 12.1 Å². The van der Waals surface area contributed by atoms with E-state index in [0.717, 1.165) is 5.56 Å². The van der Waals surface area contributed by atoms with Crippen molar-refractivity contribution in [1.29, 1.82) is 0 Å². The Bertz CT molecular complexity index is 858. The van der Waals surface area contributed by atoms with Gasteiger partial charge in [-0.25, -0.2) is 8.42 Å². The maximum absolute atomic E-state index is 12.3. The minimum Gasteiger partial charge on any atom is -0.343 e. The predicted molar refractivity (Wildman–Crippen MR) is 110 cm³/mol. The van der Waals surface area contributed by atoms with Crippen LogP contribution in [-0.4, -0.2) is 68.2 Å². The van der Waals surface area contributed by atoms with Gasteiger partial charge in [0.1, 0.15) is 6.04 Å². The van der Waals surface area contributed by atoms with E-state index in [1.165, 1.54) is 11.8 Å². The first-order chi connectivity index (χ1) is 13.4. The van der Waals surface area contributed by atoms with Gasteiger partial charge in [0.05, 0.1) is 18.1 Å². The summed E-state index contributed by atoms with van der Waals surface area (Å²) in [6, 6.07) is 6.39. The number of hydrogen-bond donors (Lipinski definition) is 2. The quantitative estimate of drug-likeness (QED) is 0.715. The number of nitrogens with one attached hydrogen (secondary N) is 2. The van der Waals surface area contributed by atoms with Crippen LogP contribution >= 0.6 is 0 Å². The second-order valence-corrected chi connectivity index (χ2v) is 10.6. The zero-order valence-electron chi connectivity index (χ0n) is 17.3. The van der Waals surface area contributed by atoms with Crippen molar-refractivity contribution in [2.75, 3.05) is 31.1 Å². The smallest absolute Gasteiger partial charge is 0.251 e. The standard InChI is InChI=1S/C20H29N3O5S/c1-14(19(26)23-9-11-29(27,28)12-10-23)22-17(24)13-21-18(25)15-5-7-16(8-6-15)20(2,3)4/h5-8,14H,9-13H2,1-4H3,(H,21,25)(H,22,24). The molecule has 2 N–H and O–H groups in total. The largest absolute Gasteiger partial charge is 0.343 e. The highest BCUT2D eigenvalue weighted by Gasteiger charge is 2.28. The van der Waals surface area contributed by atoms with Crippen LogP contribution in [0.2, 0.25) is 0 Å². The topological polar surface area (TPSA) is 113 Å². The first kappa shape index (κ1) is 22.9. The van der Waals surface area contributed by atoms with Gasteiger partial charge in [0.25, 0.3) is 5.91 Å². The summed E-state index contributed by atoms with van der Waals surface area (Å²) in [5.74, 6) is -1.33. The average molecular weight is 424 g/mol. The maximum atomic E-state index is 12.3. The van der Waals surface area contributed by atoms with Crippen molar-refractivity contribution >= 4 is 27.6 Å². The monoisotopic (exact) mass is 423 g/mol. The van der Waals surface area contributed by atoms with Crippen molar-refractivity contribution in [3.63, 3.8) is 0 Å². The molecular formula is C20H29N3O5S. The van der Waals surface area contributed by atoms with Crippen molar-refractivity contribution < 1.29 is 22.8 Å². The van der Waals surface area contributed by atoms with E-state index < -0.39 is 21.8 Å². The summed E-state index contributed by atoms with van der Waals surface area (Å²) in [6.45, 7) is 7.78. The molecular weight excluding hydrogens is 394 g/mol. The van der Waals surface area contributed by atoms with Gasteiger partial charge in [0, 0.05) is 18.7 Å². The Labute approximate surface area is 172 Å². The van der Waals surface area contributed by atoms with E-state index in [0.29, 0.717) is 5.56 Å². The van der Waals surface area contributed by atoms with Crippen molar-refractivity contribution in [2.24, 2.45) is 0 Å². The summed E-state index contributed by atoms with van der Waals surface area (Å²) in [5, 5.41) is 5.08. The number of carbonyl (C=O) groups is 3. The van der Waals surface area contributed by atoms with Gasteiger partial charge < -0.3 is 15.5 Å². The van der Waals surface area contributed by atoms with Crippen LogP contribution in [-0.2, 0) is 24.8 Å². The number of hydrogen-bond acceptors (Lipinski definition) is 5. The number of nitrogens with zero attached hydrogens (tertiary/aromatic N) is 1. The number of rotatable bonds is 5. The average Bonchev–Trinajstić information content (AvgIpc) is 2.65. The molecule has 0 saturated carbocycles. The fourth-order valence-electron chi connectivity index (χ4n) is 2.95. The Balaban J connectivity index is 1.81. The van der Waals surface area contributed by atoms with Crippen LogP contribution in [0.1, 0.15) is 43.6 Å². The van der Waals surface area contributed by atoms with Gasteiger partial charge >= 0.3 is 0 Å². The molecule has 0 radical (unpaired) electrons. The summed E-state index contributed by atoms with van der Waals surface area (Å²) in [7, 11) is -3.08. The van der Waals surface area contributed by atoms with Crippen molar-refractivity contribution in [3.8, 4) is 0 Å². The maximum Gasteiger partial charge on any atom is 0.251 e. The molecule has 1 unspecified atom stereocenters. The fraction of sp³-hybridized carbons (Fsp3) is 0.550. The van der Waals surface area contributed by atoms with E-state index in [4.69, 9.17) is 0 Å². The van der Waals surface area contributed by atoms with Gasteiger partial charge in [-0.15, -0.1) is 0 Å². The lowest BCUT2D eigenvalue weighted by molar-refractivity contribution is -0.135. The SMILES string of the molecule is CC(NC(=O)CNC(=O)c1ccc(C(C)(C)C)cc1)C(=O)N1CCS(=O)(=O)CC1. The zero-order chi connectivity index (χ0) is 21.8. The van der Waals surface area contributed by atoms with E-state index in [1.807, 2.05) is 12.1 Å². The van der Waals surface area contributed by atoms with Gasteiger partial charge in [-0.1, -0.05) is 32.9 Å². The number of carbonyl (C=O) groups excluding carboxylic acids is 3. The highest BCUT2D eigenvalue weighted by atomic mass is 32.2. The highest BCUT2D eigenvalue weighted by molar-refractivity contribution is 7.91. The molecule has 0 aromatic heterocycles. The van der Waals surface area contributed by atoms with Crippen LogP contribution in [0.5, 0.6) is 0 Å². The summed E-state index contributed by atoms with van der Waals surface area (Å²) in [5.41, 5.74) is 1.53. The molecule has 0 spiro atoms. The second kappa shape index (κ2) is 8.94. The van der Waals surface area contributed by atoms with Crippen LogP contribution in [0.3, 0.4) is 0 Å². The van der Waals surface area contributed by atoms with Crippen LogP contribution in [0, 0.1) is 0 Å². The molecule has 3 amide bonds. The first-order valence-corrected chi connectivity index (χ1v) is 11.4. The van der Waals surface area contributed by atoms with Crippen LogP contribution < -0.4 is 10.6 Å². The number of amides is 3. The van der Waals surface area contributed by atoms with E-state index in [2.05, 4.69) is 31.4 Å². The molecule has 1 aromatic carbocycles. The summed E-state index contributed by atoms with van der Waals surface area (Å²) in [4.78, 5) is 38.1. The molecule has 1 heterocycles. The lowest BCUT2D eigenvalue weighted by Crippen LogP contribution is -2.52. The van der Waals surface area contributed by atoms with Crippen molar-refractivity contribution in [2.45, 2.75) is 39.2 Å². The molecule has 0 bridgehead atoms. The van der Waals surface area contributed by atoms with E-state index in [-0.39, 0.29) is 48.4 Å². The molecule has 160 valence electrons. The van der Waals surface area contributed by atoms with E-state index >= 15 is 0 Å². The summed E-state index contributed by atoms with van der Waals surface area (Å²) < 4.78 is 22.9. The van der Waals surface area contributed by atoms with Crippen LogP contribution in [0.25, 0.3) is 0 Å². The molecule has 29 heavy (non-hydrogen) atoms. The summed E-state index contributed by atoms with van der Waals surface area (Å²) >= 11 is 0. The minimum absolute atomic E-state index is 0.0177. The first-order valence-electron chi connectivity index (χ1n) is 9.56. The molecule has 0 aliphatic carbocycles. The Morgan fingerprint density at radius 3 is 2.14 bits per heavy atom. The third-order valence-electron chi connectivity index (χ3n) is 4.83. The van der Waals surface area contributed by atoms with Crippen molar-refractivity contribution in [3.05, 3.63) is 35.4 Å².